The number of carbonyl (C=O) groups excluding carboxylic acids is 1. The maximum absolute atomic E-state index is 12.3. The van der Waals surface area contributed by atoms with Crippen molar-refractivity contribution in [2.24, 2.45) is 5.92 Å². The Morgan fingerprint density at radius 3 is 2.68 bits per heavy atom. The Bertz CT molecular complexity index is 866. The molecule has 0 atom stereocenters. The van der Waals surface area contributed by atoms with Gasteiger partial charge < -0.3 is 5.32 Å². The SMILES string of the molecule is CC(C)S(=O)(=O)c1nc2ccc(NC(=O)CC3CCCCC3)cc2s1. The zero-order chi connectivity index (χ0) is 18.0. The number of hydrogen-bond donors (Lipinski definition) is 1. The van der Waals surface area contributed by atoms with Crippen molar-refractivity contribution in [3.05, 3.63) is 18.2 Å². The number of amides is 1. The Hall–Kier alpha value is -1.47. The van der Waals surface area contributed by atoms with Crippen LogP contribution in [0.5, 0.6) is 0 Å². The van der Waals surface area contributed by atoms with Gasteiger partial charge in [-0.2, -0.15) is 0 Å². The molecule has 1 fully saturated rings. The second kappa shape index (κ2) is 7.41. The van der Waals surface area contributed by atoms with Crippen molar-refractivity contribution >= 4 is 43.0 Å². The van der Waals surface area contributed by atoms with Crippen LogP contribution in [0.25, 0.3) is 10.2 Å². The molecule has 25 heavy (non-hydrogen) atoms. The van der Waals surface area contributed by atoms with Crippen LogP contribution in [0.15, 0.2) is 22.5 Å². The van der Waals surface area contributed by atoms with Crippen molar-refractivity contribution in [2.75, 3.05) is 5.32 Å². The van der Waals surface area contributed by atoms with Gasteiger partial charge in [0.15, 0.2) is 0 Å². The summed E-state index contributed by atoms with van der Waals surface area (Å²) in [5, 5.41) is 2.45. The van der Waals surface area contributed by atoms with Gasteiger partial charge in [0.25, 0.3) is 0 Å². The molecule has 1 aromatic heterocycles. The Labute approximate surface area is 152 Å². The molecule has 0 spiro atoms. The summed E-state index contributed by atoms with van der Waals surface area (Å²) in [6, 6.07) is 5.36. The Morgan fingerprint density at radius 2 is 2.00 bits per heavy atom. The highest BCUT2D eigenvalue weighted by molar-refractivity contribution is 7.94. The number of carbonyl (C=O) groups is 1. The molecule has 1 N–H and O–H groups in total. The minimum Gasteiger partial charge on any atom is -0.326 e. The number of nitrogens with zero attached hydrogens (tertiary/aromatic N) is 1. The minimum atomic E-state index is -3.37. The van der Waals surface area contributed by atoms with Crippen molar-refractivity contribution in [1.82, 2.24) is 4.98 Å². The van der Waals surface area contributed by atoms with Crippen LogP contribution in [0.2, 0.25) is 0 Å². The predicted molar refractivity (Wildman–Crippen MR) is 102 cm³/mol. The van der Waals surface area contributed by atoms with E-state index in [0.717, 1.165) is 28.9 Å². The lowest BCUT2D eigenvalue weighted by Crippen LogP contribution is -2.18. The van der Waals surface area contributed by atoms with Crippen molar-refractivity contribution in [1.29, 1.82) is 0 Å². The van der Waals surface area contributed by atoms with E-state index in [1.807, 2.05) is 6.07 Å². The lowest BCUT2D eigenvalue weighted by Gasteiger charge is -2.20. The van der Waals surface area contributed by atoms with Gasteiger partial charge in [-0.3, -0.25) is 4.79 Å². The molecule has 1 aliphatic carbocycles. The van der Waals surface area contributed by atoms with Gasteiger partial charge in [-0.15, -0.1) is 11.3 Å². The molecular formula is C18H24N2O3S2. The lowest BCUT2D eigenvalue weighted by molar-refractivity contribution is -0.117. The second-order valence-electron chi connectivity index (χ2n) is 7.01. The van der Waals surface area contributed by atoms with Crippen LogP contribution in [0.1, 0.15) is 52.4 Å². The lowest BCUT2D eigenvalue weighted by atomic mass is 9.87. The molecule has 3 rings (SSSR count). The molecular weight excluding hydrogens is 356 g/mol. The summed E-state index contributed by atoms with van der Waals surface area (Å²) in [5.74, 6) is 0.523. The van der Waals surface area contributed by atoms with Gasteiger partial charge in [0.1, 0.15) is 0 Å². The van der Waals surface area contributed by atoms with Crippen molar-refractivity contribution < 1.29 is 13.2 Å². The van der Waals surface area contributed by atoms with Crippen molar-refractivity contribution in [3.8, 4) is 0 Å². The normalized spacial score (nSPS) is 16.4. The van der Waals surface area contributed by atoms with E-state index in [4.69, 9.17) is 0 Å². The number of sulfone groups is 1. The van der Waals surface area contributed by atoms with Gasteiger partial charge in [0, 0.05) is 12.1 Å². The Balaban J connectivity index is 1.73. The molecule has 7 heteroatoms. The summed E-state index contributed by atoms with van der Waals surface area (Å²) in [7, 11) is -3.37. The largest absolute Gasteiger partial charge is 0.326 e. The smallest absolute Gasteiger partial charge is 0.224 e. The molecule has 0 radical (unpaired) electrons. The van der Waals surface area contributed by atoms with Gasteiger partial charge in [-0.05, 0) is 50.8 Å². The standard InChI is InChI=1S/C18H24N2O3S2/c1-12(2)25(22,23)18-20-15-9-8-14(11-16(15)24-18)19-17(21)10-13-6-4-3-5-7-13/h8-9,11-13H,3-7,10H2,1-2H3,(H,19,21). The number of anilines is 1. The molecule has 0 saturated heterocycles. The third-order valence-corrected chi connectivity index (χ3v) is 8.29. The van der Waals surface area contributed by atoms with E-state index < -0.39 is 15.1 Å². The number of benzene rings is 1. The first-order valence-electron chi connectivity index (χ1n) is 8.80. The molecule has 2 aromatic rings. The molecule has 0 unspecified atom stereocenters. The Morgan fingerprint density at radius 1 is 1.28 bits per heavy atom. The fourth-order valence-electron chi connectivity index (χ4n) is 3.17. The summed E-state index contributed by atoms with van der Waals surface area (Å²) in [5.41, 5.74) is 1.35. The van der Waals surface area contributed by atoms with E-state index in [2.05, 4.69) is 10.3 Å². The first-order valence-corrected chi connectivity index (χ1v) is 11.2. The number of aromatic nitrogens is 1. The predicted octanol–water partition coefficient (Wildman–Crippen LogP) is 4.39. The monoisotopic (exact) mass is 380 g/mol. The van der Waals surface area contributed by atoms with Gasteiger partial charge in [-0.25, -0.2) is 13.4 Å². The first kappa shape index (κ1) is 18.3. The average Bonchev–Trinajstić information content (AvgIpc) is 2.99. The van der Waals surface area contributed by atoms with Crippen molar-refractivity contribution in [3.63, 3.8) is 0 Å². The number of hydrogen-bond acceptors (Lipinski definition) is 5. The summed E-state index contributed by atoms with van der Waals surface area (Å²) >= 11 is 1.16. The summed E-state index contributed by atoms with van der Waals surface area (Å²) in [4.78, 5) is 16.5. The molecule has 5 nitrogen and oxygen atoms in total. The van der Waals surface area contributed by atoms with Crippen LogP contribution in [0, 0.1) is 5.92 Å². The van der Waals surface area contributed by atoms with Crippen LogP contribution in [-0.2, 0) is 14.6 Å². The van der Waals surface area contributed by atoms with Gasteiger partial charge >= 0.3 is 0 Å². The minimum absolute atomic E-state index is 0.0331. The summed E-state index contributed by atoms with van der Waals surface area (Å²) in [6.07, 6.45) is 6.56. The molecule has 1 aromatic carbocycles. The van der Waals surface area contributed by atoms with E-state index in [1.165, 1.54) is 19.3 Å². The third-order valence-electron chi connectivity index (χ3n) is 4.72. The highest BCUT2D eigenvalue weighted by Gasteiger charge is 2.24. The number of fused-ring (bicyclic) bond motifs is 1. The number of rotatable bonds is 5. The highest BCUT2D eigenvalue weighted by Crippen LogP contribution is 2.30. The van der Waals surface area contributed by atoms with Crippen LogP contribution < -0.4 is 5.32 Å². The second-order valence-corrected chi connectivity index (χ2v) is 10.7. The molecule has 1 saturated carbocycles. The summed E-state index contributed by atoms with van der Waals surface area (Å²) < 4.78 is 25.4. The van der Waals surface area contributed by atoms with Crippen LogP contribution >= 0.6 is 11.3 Å². The highest BCUT2D eigenvalue weighted by atomic mass is 32.2. The van der Waals surface area contributed by atoms with E-state index >= 15 is 0 Å². The first-order chi connectivity index (χ1) is 11.9. The fourth-order valence-corrected chi connectivity index (χ4v) is 5.85. The molecule has 1 aliphatic rings. The maximum atomic E-state index is 12.3. The maximum Gasteiger partial charge on any atom is 0.224 e. The molecule has 0 aliphatic heterocycles. The van der Waals surface area contributed by atoms with Gasteiger partial charge in [-0.1, -0.05) is 19.3 Å². The van der Waals surface area contributed by atoms with E-state index in [9.17, 15) is 13.2 Å². The number of thiazole rings is 1. The topological polar surface area (TPSA) is 76.1 Å². The average molecular weight is 381 g/mol. The van der Waals surface area contributed by atoms with Crippen LogP contribution in [0.3, 0.4) is 0 Å². The summed E-state index contributed by atoms with van der Waals surface area (Å²) in [6.45, 7) is 3.30. The van der Waals surface area contributed by atoms with Crippen LogP contribution in [-0.4, -0.2) is 24.6 Å². The molecule has 1 amide bonds. The molecule has 0 bridgehead atoms. The van der Waals surface area contributed by atoms with Crippen molar-refractivity contribution in [2.45, 2.75) is 62.0 Å². The Kier molecular flexibility index (Phi) is 5.43. The zero-order valence-corrected chi connectivity index (χ0v) is 16.3. The van der Waals surface area contributed by atoms with Gasteiger partial charge in [0.2, 0.25) is 20.1 Å². The third kappa shape index (κ3) is 4.20. The van der Waals surface area contributed by atoms with Crippen LogP contribution in [0.4, 0.5) is 5.69 Å². The fraction of sp³-hybridized carbons (Fsp3) is 0.556. The van der Waals surface area contributed by atoms with Gasteiger partial charge in [0.05, 0.1) is 15.5 Å². The molecule has 136 valence electrons. The van der Waals surface area contributed by atoms with E-state index in [1.54, 1.807) is 26.0 Å². The van der Waals surface area contributed by atoms with E-state index in [-0.39, 0.29) is 10.2 Å². The quantitative estimate of drug-likeness (QED) is 0.835. The van der Waals surface area contributed by atoms with E-state index in [0.29, 0.717) is 23.5 Å². The zero-order valence-electron chi connectivity index (χ0n) is 14.6. The number of nitrogens with one attached hydrogen (secondary N) is 1. The molecule has 1 heterocycles.